The van der Waals surface area contributed by atoms with Crippen LogP contribution in [-0.2, 0) is 31.7 Å². The van der Waals surface area contributed by atoms with Crippen LogP contribution in [0.3, 0.4) is 0 Å². The van der Waals surface area contributed by atoms with Gasteiger partial charge in [0.2, 0.25) is 0 Å². The average Bonchev–Trinajstić information content (AvgIpc) is 3.37. The van der Waals surface area contributed by atoms with Gasteiger partial charge in [0.05, 0.1) is 11.1 Å². The zero-order valence-corrected chi connectivity index (χ0v) is 20.3. The summed E-state index contributed by atoms with van der Waals surface area (Å²) in [6.07, 6.45) is 4.81. The molecule has 10 heteroatoms. The van der Waals surface area contributed by atoms with Crippen LogP contribution in [0.5, 0.6) is 5.75 Å². The van der Waals surface area contributed by atoms with Crippen LogP contribution in [-0.4, -0.2) is 24.7 Å². The highest BCUT2D eigenvalue weighted by Crippen LogP contribution is 2.36. The molecule has 1 aliphatic rings. The van der Waals surface area contributed by atoms with Gasteiger partial charge in [0.15, 0.2) is 22.5 Å². The number of nitrogens with zero attached hydrogens (tertiary/aromatic N) is 4. The topological polar surface area (TPSA) is 85.7 Å². The maximum Gasteiger partial charge on any atom is 0.259 e. The van der Waals surface area contributed by atoms with Crippen molar-refractivity contribution in [3.05, 3.63) is 75.2 Å². The van der Waals surface area contributed by atoms with E-state index in [9.17, 15) is 9.18 Å². The van der Waals surface area contributed by atoms with Gasteiger partial charge in [-0.2, -0.15) is 0 Å². The molecular weight excluding hydrogens is 473 g/mol. The number of allylic oxidation sites excluding steroid dienone is 1. The molecule has 0 bridgehead atoms. The zero-order valence-electron chi connectivity index (χ0n) is 18.7. The van der Waals surface area contributed by atoms with Crippen molar-refractivity contribution in [3.63, 3.8) is 0 Å². The Balaban J connectivity index is 1.34. The van der Waals surface area contributed by atoms with Gasteiger partial charge in [0.1, 0.15) is 17.3 Å². The summed E-state index contributed by atoms with van der Waals surface area (Å²) < 4.78 is 21.3. The van der Waals surface area contributed by atoms with E-state index in [1.807, 2.05) is 4.57 Å². The lowest BCUT2D eigenvalue weighted by atomic mass is 9.89. The molecule has 1 aliphatic carbocycles. The van der Waals surface area contributed by atoms with Gasteiger partial charge >= 0.3 is 0 Å². The number of thiophene rings is 1. The monoisotopic (exact) mass is 497 g/mol. The van der Waals surface area contributed by atoms with Gasteiger partial charge in [-0.15, -0.1) is 28.1 Å². The van der Waals surface area contributed by atoms with Crippen LogP contribution in [0.1, 0.15) is 35.4 Å². The van der Waals surface area contributed by atoms with Gasteiger partial charge in [-0.3, -0.25) is 9.36 Å². The molecule has 1 unspecified atom stereocenters. The van der Waals surface area contributed by atoms with E-state index in [0.29, 0.717) is 35.0 Å². The smallest absolute Gasteiger partial charge is 0.259 e. The lowest BCUT2D eigenvalue weighted by molar-refractivity contribution is 0.275. The maximum atomic E-state index is 13.9. The molecule has 1 atom stereocenters. The summed E-state index contributed by atoms with van der Waals surface area (Å²) in [4.78, 5) is 22.7. The molecule has 0 aliphatic heterocycles. The Morgan fingerprint density at radius 3 is 3.06 bits per heavy atom. The van der Waals surface area contributed by atoms with Crippen molar-refractivity contribution in [3.8, 4) is 5.75 Å². The van der Waals surface area contributed by atoms with Crippen LogP contribution in [0.4, 0.5) is 4.39 Å². The van der Waals surface area contributed by atoms with Crippen LogP contribution >= 0.6 is 23.1 Å². The number of ether oxygens (including phenoxy) is 1. The largest absolute Gasteiger partial charge is 0.483 e. The summed E-state index contributed by atoms with van der Waals surface area (Å²) in [6, 6.07) is 6.24. The van der Waals surface area contributed by atoms with Crippen molar-refractivity contribution in [1.82, 2.24) is 24.7 Å². The Kier molecular flexibility index (Phi) is 6.51. The van der Waals surface area contributed by atoms with Crippen LogP contribution < -0.4 is 10.3 Å². The van der Waals surface area contributed by atoms with Gasteiger partial charge < -0.3 is 9.72 Å². The number of thioether (sulfide) groups is 1. The second-order valence-corrected chi connectivity index (χ2v) is 10.4. The second kappa shape index (κ2) is 9.71. The Bertz CT molecular complexity index is 1410. The molecule has 3 heterocycles. The Morgan fingerprint density at radius 2 is 2.24 bits per heavy atom. The molecule has 5 rings (SSSR count). The number of hydrogen-bond acceptors (Lipinski definition) is 7. The number of benzene rings is 1. The predicted molar refractivity (Wildman–Crippen MR) is 132 cm³/mol. The molecule has 176 valence electrons. The third-order valence-electron chi connectivity index (χ3n) is 5.85. The molecule has 0 saturated carbocycles. The molecule has 0 spiro atoms. The average molecular weight is 498 g/mol. The summed E-state index contributed by atoms with van der Waals surface area (Å²) >= 11 is 3.06. The first kappa shape index (κ1) is 22.8. The molecule has 0 fully saturated rings. The van der Waals surface area contributed by atoms with Crippen molar-refractivity contribution < 1.29 is 9.13 Å². The maximum absolute atomic E-state index is 13.9. The second-order valence-electron chi connectivity index (χ2n) is 8.35. The summed E-state index contributed by atoms with van der Waals surface area (Å²) in [5.41, 5.74) is 1.11. The minimum Gasteiger partial charge on any atom is -0.483 e. The molecule has 4 aromatic rings. The Morgan fingerprint density at radius 1 is 1.38 bits per heavy atom. The van der Waals surface area contributed by atoms with Gasteiger partial charge in [0.25, 0.3) is 5.56 Å². The van der Waals surface area contributed by atoms with Crippen molar-refractivity contribution >= 4 is 33.3 Å². The summed E-state index contributed by atoms with van der Waals surface area (Å²) in [5, 5.41) is 9.88. The minimum atomic E-state index is -0.429. The molecule has 0 radical (unpaired) electrons. The highest BCUT2D eigenvalue weighted by atomic mass is 32.2. The standard InChI is InChI=1S/C24H24FN5O2S2/c1-3-10-30-20(12-32-17-7-5-4-6-16(17)25)28-29-24(30)33-13-19-26-22(31)21-15-9-8-14(2)11-18(15)34-23(21)27-19/h3-7,14H,1,8-13H2,2H3,(H,26,27,31). The predicted octanol–water partition coefficient (Wildman–Crippen LogP) is 4.90. The number of rotatable bonds is 8. The van der Waals surface area contributed by atoms with E-state index in [-0.39, 0.29) is 17.9 Å². The molecule has 7 nitrogen and oxygen atoms in total. The van der Waals surface area contributed by atoms with E-state index < -0.39 is 5.82 Å². The van der Waals surface area contributed by atoms with Gasteiger partial charge in [-0.05, 0) is 42.9 Å². The zero-order chi connectivity index (χ0) is 23.7. The SMILES string of the molecule is C=CCn1c(COc2ccccc2F)nnc1SCc1nc2sc3c(c2c(=O)[nH]1)CCC(C)C3. The van der Waals surface area contributed by atoms with Crippen LogP contribution in [0.2, 0.25) is 0 Å². The number of aromatic amines is 1. The third kappa shape index (κ3) is 4.52. The Labute approximate surface area is 204 Å². The van der Waals surface area contributed by atoms with Crippen molar-refractivity contribution in [2.75, 3.05) is 0 Å². The van der Waals surface area contributed by atoms with Crippen LogP contribution in [0.25, 0.3) is 10.2 Å². The first-order valence-electron chi connectivity index (χ1n) is 11.1. The van der Waals surface area contributed by atoms with Crippen molar-refractivity contribution in [2.24, 2.45) is 5.92 Å². The minimum absolute atomic E-state index is 0.0702. The van der Waals surface area contributed by atoms with Crippen LogP contribution in [0, 0.1) is 11.7 Å². The number of aromatic nitrogens is 5. The number of halogens is 1. The number of H-pyrrole nitrogens is 1. The fraction of sp³-hybridized carbons (Fsp3) is 0.333. The van der Waals surface area contributed by atoms with Crippen molar-refractivity contribution in [1.29, 1.82) is 0 Å². The summed E-state index contributed by atoms with van der Waals surface area (Å²) in [6.45, 7) is 6.61. The van der Waals surface area contributed by atoms with Gasteiger partial charge in [0, 0.05) is 11.4 Å². The van der Waals surface area contributed by atoms with E-state index in [1.165, 1.54) is 28.3 Å². The highest BCUT2D eigenvalue weighted by molar-refractivity contribution is 7.98. The third-order valence-corrected chi connectivity index (χ3v) is 7.98. The highest BCUT2D eigenvalue weighted by Gasteiger charge is 2.23. The normalized spacial score (nSPS) is 15.4. The van der Waals surface area contributed by atoms with E-state index in [4.69, 9.17) is 9.72 Å². The molecule has 3 aromatic heterocycles. The van der Waals surface area contributed by atoms with Gasteiger partial charge in [-0.1, -0.05) is 36.9 Å². The first-order chi connectivity index (χ1) is 16.5. The fourth-order valence-corrected chi connectivity index (χ4v) is 6.38. The molecular formula is C24H24FN5O2S2. The van der Waals surface area contributed by atoms with Gasteiger partial charge in [-0.25, -0.2) is 9.37 Å². The number of fused-ring (bicyclic) bond motifs is 3. The quantitative estimate of drug-likeness (QED) is 0.275. The lowest BCUT2D eigenvalue weighted by Gasteiger charge is -2.17. The summed E-state index contributed by atoms with van der Waals surface area (Å²) in [5.74, 6) is 1.97. The fourth-order valence-electron chi connectivity index (χ4n) is 4.14. The number of aryl methyl sites for hydroxylation is 1. The van der Waals surface area contributed by atoms with E-state index in [2.05, 4.69) is 28.7 Å². The molecule has 34 heavy (non-hydrogen) atoms. The van der Waals surface area contributed by atoms with E-state index in [1.54, 1.807) is 35.6 Å². The Hall–Kier alpha value is -2.98. The number of para-hydroxylation sites is 1. The lowest BCUT2D eigenvalue weighted by Crippen LogP contribution is -2.14. The molecule has 1 N–H and O–H groups in total. The van der Waals surface area contributed by atoms with E-state index >= 15 is 0 Å². The molecule has 0 amide bonds. The number of hydrogen-bond donors (Lipinski definition) is 1. The van der Waals surface area contributed by atoms with E-state index in [0.717, 1.165) is 29.5 Å². The number of nitrogens with one attached hydrogen (secondary N) is 1. The molecule has 1 aromatic carbocycles. The first-order valence-corrected chi connectivity index (χ1v) is 12.9. The van der Waals surface area contributed by atoms with Crippen LogP contribution in [0.15, 0.2) is 46.9 Å². The van der Waals surface area contributed by atoms with Crippen molar-refractivity contribution in [2.45, 2.75) is 50.2 Å². The molecule has 0 saturated heterocycles. The summed E-state index contributed by atoms with van der Waals surface area (Å²) in [7, 11) is 0.